The maximum absolute atomic E-state index is 10.8. The second-order valence-electron chi connectivity index (χ2n) is 4.33. The van der Waals surface area contributed by atoms with Crippen molar-refractivity contribution in [1.29, 1.82) is 0 Å². The molecule has 1 aliphatic heterocycles. The molecular formula is C13H17NO2S. The molecule has 0 fully saturated rings. The van der Waals surface area contributed by atoms with Crippen LogP contribution < -0.4 is 4.90 Å². The highest BCUT2D eigenvalue weighted by Crippen LogP contribution is 2.38. The largest absolute Gasteiger partial charge is 0.481 e. The van der Waals surface area contributed by atoms with Crippen LogP contribution >= 0.6 is 11.8 Å². The minimum absolute atomic E-state index is 0.0949. The zero-order chi connectivity index (χ0) is 12.4. The molecule has 2 rings (SSSR count). The molecule has 3 nitrogen and oxygen atoms in total. The molecule has 4 heteroatoms. The second-order valence-corrected chi connectivity index (χ2v) is 5.39. The molecule has 0 bridgehead atoms. The molecule has 0 spiro atoms. The summed E-state index contributed by atoms with van der Waals surface area (Å²) >= 11 is 1.77. The van der Waals surface area contributed by atoms with E-state index < -0.39 is 5.97 Å². The van der Waals surface area contributed by atoms with E-state index in [0.717, 1.165) is 17.9 Å². The van der Waals surface area contributed by atoms with Crippen LogP contribution in [0.4, 0.5) is 5.69 Å². The third-order valence-electron chi connectivity index (χ3n) is 3.20. The van der Waals surface area contributed by atoms with Gasteiger partial charge in [0.15, 0.2) is 0 Å². The van der Waals surface area contributed by atoms with E-state index in [0.29, 0.717) is 0 Å². The van der Waals surface area contributed by atoms with Crippen molar-refractivity contribution < 1.29 is 9.90 Å². The molecule has 1 unspecified atom stereocenters. The monoisotopic (exact) mass is 251 g/mol. The predicted molar refractivity (Wildman–Crippen MR) is 71.0 cm³/mol. The SMILES string of the molecule is CCc1ccc2c(c1)SCC(CC(=O)O)N2C. The number of benzene rings is 1. The van der Waals surface area contributed by atoms with Crippen molar-refractivity contribution in [3.8, 4) is 0 Å². The van der Waals surface area contributed by atoms with E-state index >= 15 is 0 Å². The summed E-state index contributed by atoms with van der Waals surface area (Å²) in [6, 6.07) is 6.54. The van der Waals surface area contributed by atoms with Gasteiger partial charge in [-0.05, 0) is 24.1 Å². The molecule has 1 heterocycles. The Hall–Kier alpha value is -1.16. The minimum Gasteiger partial charge on any atom is -0.481 e. The zero-order valence-electron chi connectivity index (χ0n) is 10.1. The van der Waals surface area contributed by atoms with Gasteiger partial charge >= 0.3 is 5.97 Å². The summed E-state index contributed by atoms with van der Waals surface area (Å²) in [6.45, 7) is 2.15. The lowest BCUT2D eigenvalue weighted by Gasteiger charge is -2.35. The lowest BCUT2D eigenvalue weighted by atomic mass is 10.1. The standard InChI is InChI=1S/C13H17NO2S/c1-3-9-4-5-11-12(6-9)17-8-10(14(11)2)7-13(15)16/h4-6,10H,3,7-8H2,1-2H3,(H,15,16). The molecule has 1 atom stereocenters. The molecule has 1 aromatic carbocycles. The zero-order valence-corrected chi connectivity index (χ0v) is 11.0. The van der Waals surface area contributed by atoms with Gasteiger partial charge < -0.3 is 10.0 Å². The summed E-state index contributed by atoms with van der Waals surface area (Å²) in [5.41, 5.74) is 2.49. The fourth-order valence-corrected chi connectivity index (χ4v) is 3.39. The molecule has 0 saturated heterocycles. The molecule has 1 aliphatic rings. The number of hydrogen-bond donors (Lipinski definition) is 1. The van der Waals surface area contributed by atoms with Crippen LogP contribution in [0.5, 0.6) is 0 Å². The summed E-state index contributed by atoms with van der Waals surface area (Å²) in [7, 11) is 1.98. The number of aliphatic carboxylic acids is 1. The van der Waals surface area contributed by atoms with Crippen LogP contribution in [0.15, 0.2) is 23.1 Å². The molecule has 0 aromatic heterocycles. The van der Waals surface area contributed by atoms with Gasteiger partial charge in [-0.25, -0.2) is 0 Å². The van der Waals surface area contributed by atoms with E-state index in [1.54, 1.807) is 11.8 Å². The summed E-state index contributed by atoms with van der Waals surface area (Å²) in [4.78, 5) is 14.2. The van der Waals surface area contributed by atoms with Crippen molar-refractivity contribution in [2.24, 2.45) is 0 Å². The summed E-state index contributed by atoms with van der Waals surface area (Å²) in [5, 5.41) is 8.88. The Morgan fingerprint density at radius 2 is 2.35 bits per heavy atom. The topological polar surface area (TPSA) is 40.5 Å². The summed E-state index contributed by atoms with van der Waals surface area (Å²) < 4.78 is 0. The number of carbonyl (C=O) groups is 1. The summed E-state index contributed by atoms with van der Waals surface area (Å²) in [6.07, 6.45) is 1.24. The highest BCUT2D eigenvalue weighted by molar-refractivity contribution is 7.99. The quantitative estimate of drug-likeness (QED) is 0.896. The molecule has 0 radical (unpaired) electrons. The highest BCUT2D eigenvalue weighted by atomic mass is 32.2. The van der Waals surface area contributed by atoms with E-state index in [1.165, 1.54) is 10.5 Å². The fraction of sp³-hybridized carbons (Fsp3) is 0.462. The van der Waals surface area contributed by atoms with Crippen LogP contribution in [-0.4, -0.2) is 29.9 Å². The summed E-state index contributed by atoms with van der Waals surface area (Å²) in [5.74, 6) is 0.124. The number of rotatable bonds is 3. The number of hydrogen-bond acceptors (Lipinski definition) is 3. The maximum Gasteiger partial charge on any atom is 0.305 e. The third-order valence-corrected chi connectivity index (χ3v) is 4.39. The maximum atomic E-state index is 10.8. The average molecular weight is 251 g/mol. The number of carboxylic acids is 1. The van der Waals surface area contributed by atoms with Crippen LogP contribution in [-0.2, 0) is 11.2 Å². The van der Waals surface area contributed by atoms with Crippen molar-refractivity contribution in [1.82, 2.24) is 0 Å². The number of carboxylic acid groups (broad SMARTS) is 1. The van der Waals surface area contributed by atoms with E-state index in [2.05, 4.69) is 30.0 Å². The molecule has 0 amide bonds. The van der Waals surface area contributed by atoms with Crippen LogP contribution in [0.3, 0.4) is 0 Å². The van der Waals surface area contributed by atoms with Crippen molar-refractivity contribution in [3.63, 3.8) is 0 Å². The molecule has 0 saturated carbocycles. The van der Waals surface area contributed by atoms with Gasteiger partial charge in [-0.3, -0.25) is 4.79 Å². The first kappa shape index (κ1) is 12.3. The van der Waals surface area contributed by atoms with Crippen molar-refractivity contribution in [3.05, 3.63) is 23.8 Å². The van der Waals surface area contributed by atoms with Gasteiger partial charge in [0.05, 0.1) is 12.1 Å². The molecule has 0 aliphatic carbocycles. The van der Waals surface area contributed by atoms with Crippen molar-refractivity contribution in [2.45, 2.75) is 30.7 Å². The number of thioether (sulfide) groups is 1. The van der Waals surface area contributed by atoms with Crippen LogP contribution in [0.1, 0.15) is 18.9 Å². The predicted octanol–water partition coefficient (Wildman–Crippen LogP) is 2.63. The minimum atomic E-state index is -0.726. The second kappa shape index (κ2) is 5.00. The number of anilines is 1. The number of nitrogens with zero attached hydrogens (tertiary/aromatic N) is 1. The van der Waals surface area contributed by atoms with Crippen LogP contribution in [0.2, 0.25) is 0 Å². The van der Waals surface area contributed by atoms with E-state index in [1.807, 2.05) is 7.05 Å². The Labute approximate surface area is 106 Å². The molecule has 1 aromatic rings. The molecule has 17 heavy (non-hydrogen) atoms. The van der Waals surface area contributed by atoms with Gasteiger partial charge in [0, 0.05) is 23.7 Å². The Morgan fingerprint density at radius 3 is 3.00 bits per heavy atom. The van der Waals surface area contributed by atoms with Crippen LogP contribution in [0.25, 0.3) is 0 Å². The molecular weight excluding hydrogens is 234 g/mol. The first-order chi connectivity index (χ1) is 8.11. The fourth-order valence-electron chi connectivity index (χ4n) is 2.08. The Balaban J connectivity index is 2.23. The lowest BCUT2D eigenvalue weighted by Crippen LogP contribution is -2.38. The van der Waals surface area contributed by atoms with Gasteiger partial charge in [-0.1, -0.05) is 13.0 Å². The van der Waals surface area contributed by atoms with Gasteiger partial charge in [0.2, 0.25) is 0 Å². The van der Waals surface area contributed by atoms with E-state index in [4.69, 9.17) is 5.11 Å². The third kappa shape index (κ3) is 2.57. The molecule has 1 N–H and O–H groups in total. The Bertz CT molecular complexity index is 433. The Kier molecular flexibility index (Phi) is 3.62. The van der Waals surface area contributed by atoms with Crippen LogP contribution in [0, 0.1) is 0 Å². The van der Waals surface area contributed by atoms with Crippen molar-refractivity contribution in [2.75, 3.05) is 17.7 Å². The lowest BCUT2D eigenvalue weighted by molar-refractivity contribution is -0.137. The number of aryl methyl sites for hydroxylation is 1. The Morgan fingerprint density at radius 1 is 1.59 bits per heavy atom. The number of fused-ring (bicyclic) bond motifs is 1. The normalized spacial score (nSPS) is 18.9. The van der Waals surface area contributed by atoms with Crippen molar-refractivity contribution >= 4 is 23.4 Å². The first-order valence-corrected chi connectivity index (χ1v) is 6.80. The first-order valence-electron chi connectivity index (χ1n) is 5.82. The van der Waals surface area contributed by atoms with Gasteiger partial charge in [0.25, 0.3) is 0 Å². The van der Waals surface area contributed by atoms with E-state index in [-0.39, 0.29) is 12.5 Å². The average Bonchev–Trinajstić information content (AvgIpc) is 2.32. The highest BCUT2D eigenvalue weighted by Gasteiger charge is 2.25. The van der Waals surface area contributed by atoms with E-state index in [9.17, 15) is 4.79 Å². The smallest absolute Gasteiger partial charge is 0.305 e. The van der Waals surface area contributed by atoms with Gasteiger partial charge in [-0.15, -0.1) is 11.8 Å². The van der Waals surface area contributed by atoms with Gasteiger partial charge in [-0.2, -0.15) is 0 Å². The van der Waals surface area contributed by atoms with Gasteiger partial charge in [0.1, 0.15) is 0 Å². The molecule has 92 valence electrons.